The van der Waals surface area contributed by atoms with Crippen molar-refractivity contribution in [3.63, 3.8) is 0 Å². The number of sulfonamides is 1. The Kier molecular flexibility index (Phi) is 4.82. The molecule has 0 aliphatic heterocycles. The number of methoxy groups -OCH3 is 1. The lowest BCUT2D eigenvalue weighted by atomic mass is 10.2. The second kappa shape index (κ2) is 7.34. The summed E-state index contributed by atoms with van der Waals surface area (Å²) < 4.78 is 44.9. The fraction of sp³-hybridized carbons (Fsp3) is 0.211. The molecule has 0 aliphatic carbocycles. The standard InChI is InChI=1S/C19H18N4O6S/c1-11-4-7-16(27-3)14(8-11)22-30(25,26)13-5-6-15-17(9-13)28-19(24)23(15)10-18-20-12(2)29-21-18/h4-9,22H,10H2,1-3H3. The van der Waals surface area contributed by atoms with Crippen molar-refractivity contribution in [1.29, 1.82) is 0 Å². The Balaban J connectivity index is 1.70. The van der Waals surface area contributed by atoms with E-state index in [0.717, 1.165) is 5.56 Å². The Morgan fingerprint density at radius 1 is 1.17 bits per heavy atom. The van der Waals surface area contributed by atoms with Gasteiger partial charge in [0.15, 0.2) is 11.4 Å². The fourth-order valence-corrected chi connectivity index (χ4v) is 4.09. The number of nitrogens with one attached hydrogen (secondary N) is 1. The third-order valence-electron chi connectivity index (χ3n) is 4.42. The molecule has 0 unspecified atom stereocenters. The lowest BCUT2D eigenvalue weighted by molar-refractivity contribution is 0.385. The van der Waals surface area contributed by atoms with Gasteiger partial charge in [0, 0.05) is 13.0 Å². The number of nitrogens with zero attached hydrogens (tertiary/aromatic N) is 3. The van der Waals surface area contributed by atoms with Gasteiger partial charge in [0.05, 0.1) is 29.8 Å². The monoisotopic (exact) mass is 430 g/mol. The van der Waals surface area contributed by atoms with E-state index >= 15 is 0 Å². The van der Waals surface area contributed by atoms with E-state index in [4.69, 9.17) is 13.7 Å². The van der Waals surface area contributed by atoms with Crippen LogP contribution in [0.25, 0.3) is 11.1 Å². The number of aryl methyl sites for hydroxylation is 2. The molecule has 1 N–H and O–H groups in total. The van der Waals surface area contributed by atoms with E-state index in [2.05, 4.69) is 14.9 Å². The first-order valence-electron chi connectivity index (χ1n) is 8.87. The molecule has 0 saturated heterocycles. The van der Waals surface area contributed by atoms with Crippen molar-refractivity contribution in [2.75, 3.05) is 11.8 Å². The van der Waals surface area contributed by atoms with Crippen LogP contribution in [-0.2, 0) is 16.6 Å². The molecule has 0 aliphatic rings. The molecule has 30 heavy (non-hydrogen) atoms. The van der Waals surface area contributed by atoms with E-state index < -0.39 is 15.8 Å². The van der Waals surface area contributed by atoms with Gasteiger partial charge in [-0.2, -0.15) is 4.98 Å². The highest BCUT2D eigenvalue weighted by Gasteiger charge is 2.20. The van der Waals surface area contributed by atoms with Crippen LogP contribution in [0.2, 0.25) is 0 Å². The predicted molar refractivity (Wildman–Crippen MR) is 107 cm³/mol. The minimum atomic E-state index is -3.95. The molecular formula is C19H18N4O6S. The van der Waals surface area contributed by atoms with Gasteiger partial charge in [0.25, 0.3) is 10.0 Å². The number of rotatable bonds is 6. The normalized spacial score (nSPS) is 11.7. The molecule has 4 aromatic rings. The lowest BCUT2D eigenvalue weighted by Crippen LogP contribution is -2.16. The van der Waals surface area contributed by atoms with Crippen LogP contribution < -0.4 is 15.2 Å². The molecule has 2 aromatic carbocycles. The van der Waals surface area contributed by atoms with Crippen LogP contribution in [0.5, 0.6) is 5.75 Å². The highest BCUT2D eigenvalue weighted by molar-refractivity contribution is 7.92. The third-order valence-corrected chi connectivity index (χ3v) is 5.78. The van der Waals surface area contributed by atoms with Crippen molar-refractivity contribution in [2.45, 2.75) is 25.3 Å². The molecular weight excluding hydrogens is 412 g/mol. The second-order valence-corrected chi connectivity index (χ2v) is 8.30. The summed E-state index contributed by atoms with van der Waals surface area (Å²) >= 11 is 0. The maximum absolute atomic E-state index is 12.9. The summed E-state index contributed by atoms with van der Waals surface area (Å²) in [5.41, 5.74) is 1.71. The van der Waals surface area contributed by atoms with E-state index in [1.165, 1.54) is 29.9 Å². The van der Waals surface area contributed by atoms with Crippen LogP contribution >= 0.6 is 0 Å². The van der Waals surface area contributed by atoms with Crippen molar-refractivity contribution in [1.82, 2.24) is 14.7 Å². The average Bonchev–Trinajstić information content (AvgIpc) is 3.24. The SMILES string of the molecule is COc1ccc(C)cc1NS(=O)(=O)c1ccc2c(c1)oc(=O)n2Cc1noc(C)n1. The minimum Gasteiger partial charge on any atom is -0.495 e. The summed E-state index contributed by atoms with van der Waals surface area (Å²) in [4.78, 5) is 16.3. The Labute approximate surface area is 171 Å². The number of ether oxygens (including phenoxy) is 1. The van der Waals surface area contributed by atoms with Gasteiger partial charge >= 0.3 is 5.76 Å². The van der Waals surface area contributed by atoms with Crippen LogP contribution in [-0.4, -0.2) is 30.2 Å². The highest BCUT2D eigenvalue weighted by atomic mass is 32.2. The fourth-order valence-electron chi connectivity index (χ4n) is 3.02. The third kappa shape index (κ3) is 3.66. The quantitative estimate of drug-likeness (QED) is 0.494. The van der Waals surface area contributed by atoms with Gasteiger partial charge in [-0.05, 0) is 36.8 Å². The summed E-state index contributed by atoms with van der Waals surface area (Å²) in [7, 11) is -2.50. The predicted octanol–water partition coefficient (Wildman–Crippen LogP) is 2.45. The largest absolute Gasteiger partial charge is 0.495 e. The van der Waals surface area contributed by atoms with Crippen molar-refractivity contribution in [3.05, 3.63) is 64.2 Å². The summed E-state index contributed by atoms with van der Waals surface area (Å²) in [6, 6.07) is 9.33. The molecule has 4 rings (SSSR count). The summed E-state index contributed by atoms with van der Waals surface area (Å²) in [6.07, 6.45) is 0. The molecule has 2 aromatic heterocycles. The first-order valence-corrected chi connectivity index (χ1v) is 10.4. The number of anilines is 1. The van der Waals surface area contributed by atoms with Gasteiger partial charge in [-0.1, -0.05) is 11.2 Å². The molecule has 0 radical (unpaired) electrons. The number of oxazole rings is 1. The Bertz CT molecular complexity index is 1400. The molecule has 0 bridgehead atoms. The van der Waals surface area contributed by atoms with Gasteiger partial charge in [0.2, 0.25) is 5.89 Å². The topological polar surface area (TPSA) is 129 Å². The highest BCUT2D eigenvalue weighted by Crippen LogP contribution is 2.28. The molecule has 11 heteroatoms. The zero-order valence-corrected chi connectivity index (χ0v) is 17.2. The molecule has 0 amide bonds. The van der Waals surface area contributed by atoms with Crippen LogP contribution in [0.1, 0.15) is 17.3 Å². The van der Waals surface area contributed by atoms with Crippen molar-refractivity contribution >= 4 is 26.8 Å². The summed E-state index contributed by atoms with van der Waals surface area (Å²) in [5, 5.41) is 3.76. The Hall–Kier alpha value is -3.60. The van der Waals surface area contributed by atoms with Gasteiger partial charge in [0.1, 0.15) is 5.75 Å². The number of hydrogen-bond acceptors (Lipinski definition) is 8. The smallest absolute Gasteiger partial charge is 0.420 e. The molecule has 0 spiro atoms. The van der Waals surface area contributed by atoms with Gasteiger partial charge in [-0.3, -0.25) is 9.29 Å². The lowest BCUT2D eigenvalue weighted by Gasteiger charge is -2.12. The van der Waals surface area contributed by atoms with Gasteiger partial charge in [-0.15, -0.1) is 0 Å². The van der Waals surface area contributed by atoms with E-state index in [9.17, 15) is 13.2 Å². The Morgan fingerprint density at radius 2 is 1.97 bits per heavy atom. The Morgan fingerprint density at radius 3 is 2.67 bits per heavy atom. The van der Waals surface area contributed by atoms with E-state index in [1.54, 1.807) is 19.1 Å². The number of benzene rings is 2. The van der Waals surface area contributed by atoms with E-state index in [-0.39, 0.29) is 17.0 Å². The van der Waals surface area contributed by atoms with Crippen LogP contribution in [0.4, 0.5) is 5.69 Å². The van der Waals surface area contributed by atoms with E-state index in [1.807, 2.05) is 13.0 Å². The first kappa shape index (κ1) is 19.7. The molecule has 2 heterocycles. The zero-order chi connectivity index (χ0) is 21.5. The molecule has 0 atom stereocenters. The number of aromatic nitrogens is 3. The van der Waals surface area contributed by atoms with Crippen molar-refractivity contribution in [2.24, 2.45) is 0 Å². The van der Waals surface area contributed by atoms with Crippen LogP contribution in [0, 0.1) is 13.8 Å². The maximum Gasteiger partial charge on any atom is 0.420 e. The van der Waals surface area contributed by atoms with Crippen LogP contribution in [0.3, 0.4) is 0 Å². The van der Waals surface area contributed by atoms with Gasteiger partial charge in [-0.25, -0.2) is 13.2 Å². The van der Waals surface area contributed by atoms with Crippen LogP contribution in [0.15, 0.2) is 55.0 Å². The second-order valence-electron chi connectivity index (χ2n) is 6.62. The molecule has 10 nitrogen and oxygen atoms in total. The number of fused-ring (bicyclic) bond motifs is 1. The van der Waals surface area contributed by atoms with E-state index in [0.29, 0.717) is 28.7 Å². The van der Waals surface area contributed by atoms with Gasteiger partial charge < -0.3 is 13.7 Å². The van der Waals surface area contributed by atoms with Crippen molar-refractivity contribution in [3.8, 4) is 5.75 Å². The van der Waals surface area contributed by atoms with Crippen molar-refractivity contribution < 1.29 is 22.1 Å². The maximum atomic E-state index is 12.9. The summed E-state index contributed by atoms with van der Waals surface area (Å²) in [6.45, 7) is 3.51. The molecule has 0 fully saturated rings. The average molecular weight is 430 g/mol. The molecule has 156 valence electrons. The minimum absolute atomic E-state index is 0.0357. The molecule has 0 saturated carbocycles. The number of hydrogen-bond donors (Lipinski definition) is 1. The first-order chi connectivity index (χ1) is 14.3. The summed E-state index contributed by atoms with van der Waals surface area (Å²) in [5.74, 6) is 0.410. The zero-order valence-electron chi connectivity index (χ0n) is 16.4.